The second-order valence-electron chi connectivity index (χ2n) is 4.18. The molecule has 0 amide bonds. The Morgan fingerprint density at radius 3 is 2.50 bits per heavy atom. The topological polar surface area (TPSA) is 121 Å². The summed E-state index contributed by atoms with van der Waals surface area (Å²) in [4.78, 5) is 11.2. The first-order valence-electron chi connectivity index (χ1n) is 6.48. The maximum Gasteiger partial charge on any atom is 0.509 e. The van der Waals surface area contributed by atoms with Crippen molar-refractivity contribution < 1.29 is 42.8 Å². The van der Waals surface area contributed by atoms with Crippen molar-refractivity contribution in [3.05, 3.63) is 0 Å². The van der Waals surface area contributed by atoms with E-state index in [1.807, 2.05) is 0 Å². The van der Waals surface area contributed by atoms with Crippen LogP contribution in [0.2, 0.25) is 0 Å². The van der Waals surface area contributed by atoms with Gasteiger partial charge in [-0.2, -0.15) is 0 Å². The Morgan fingerprint density at radius 1 is 1.32 bits per heavy atom. The van der Waals surface area contributed by atoms with E-state index in [2.05, 4.69) is 0 Å². The number of hydrogen-bond acceptors (Lipinski definition) is 10. The van der Waals surface area contributed by atoms with Gasteiger partial charge < -0.3 is 24.4 Å². The minimum atomic E-state index is -3.74. The van der Waals surface area contributed by atoms with Gasteiger partial charge in [0.2, 0.25) is 0 Å². The Kier molecular flexibility index (Phi) is 11.9. The third-order valence-electron chi connectivity index (χ3n) is 1.89. The van der Waals surface area contributed by atoms with Gasteiger partial charge in [-0.25, -0.2) is 9.36 Å². The van der Waals surface area contributed by atoms with Crippen molar-refractivity contribution in [1.29, 1.82) is 0 Å². The third kappa shape index (κ3) is 10.4. The fourth-order valence-electron chi connectivity index (χ4n) is 1.10. The Balaban J connectivity index is 4.47. The van der Waals surface area contributed by atoms with Gasteiger partial charge in [-0.05, 0) is 13.8 Å². The molecule has 2 N–H and O–H groups in total. The van der Waals surface area contributed by atoms with E-state index in [-0.39, 0.29) is 31.9 Å². The third-order valence-corrected chi connectivity index (χ3v) is 5.33. The molecule has 0 aromatic rings. The molecule has 0 spiro atoms. The molecule has 132 valence electrons. The molecule has 9 nitrogen and oxygen atoms in total. The molecule has 0 rings (SSSR count). The molecular weight excluding hydrogens is 339 g/mol. The molecule has 2 atom stereocenters. The van der Waals surface area contributed by atoms with Crippen LogP contribution in [0.3, 0.4) is 0 Å². The smallest absolute Gasteiger partial charge is 0.432 e. The van der Waals surface area contributed by atoms with Crippen LogP contribution in [0, 0.1) is 0 Å². The maximum atomic E-state index is 12.4. The lowest BCUT2D eigenvalue weighted by atomic mass is 10.4. The number of hydrogen-bond donors (Lipinski definition) is 2. The molecule has 0 fully saturated rings. The normalized spacial score (nSPS) is 15.4. The highest BCUT2D eigenvalue weighted by Gasteiger charge is 2.30. The summed E-state index contributed by atoms with van der Waals surface area (Å²) in [6.45, 7) is -1.46. The van der Waals surface area contributed by atoms with Crippen LogP contribution in [-0.4, -0.2) is 68.1 Å². The molecular formula is C11H23O9PS. The summed E-state index contributed by atoms with van der Waals surface area (Å²) >= 11 is 0.599. The van der Waals surface area contributed by atoms with E-state index in [0.717, 1.165) is 0 Å². The van der Waals surface area contributed by atoms with Gasteiger partial charge in [0.25, 0.3) is 0 Å². The Bertz CT molecular complexity index is 352. The van der Waals surface area contributed by atoms with Crippen molar-refractivity contribution in [1.82, 2.24) is 0 Å². The largest absolute Gasteiger partial charge is 0.509 e. The summed E-state index contributed by atoms with van der Waals surface area (Å²) in [7, 11) is 1.39. The molecule has 0 saturated heterocycles. The lowest BCUT2D eigenvalue weighted by Crippen LogP contribution is -2.22. The van der Waals surface area contributed by atoms with Crippen molar-refractivity contribution >= 4 is 24.3 Å². The number of carbonyl (C=O) groups excluding carboxylic acids is 1. The van der Waals surface area contributed by atoms with Gasteiger partial charge in [-0.3, -0.25) is 9.05 Å². The van der Waals surface area contributed by atoms with Crippen LogP contribution in [0.5, 0.6) is 0 Å². The minimum absolute atomic E-state index is 0.000215. The number of rotatable bonds is 12. The van der Waals surface area contributed by atoms with Crippen LogP contribution < -0.4 is 0 Å². The zero-order valence-electron chi connectivity index (χ0n) is 12.8. The summed E-state index contributed by atoms with van der Waals surface area (Å²) in [6.07, 6.45) is -2.12. The predicted molar refractivity (Wildman–Crippen MR) is 79.6 cm³/mol. The number of aliphatic hydroxyl groups excluding tert-OH is 2. The zero-order valence-corrected chi connectivity index (χ0v) is 14.5. The standard InChI is InChI=1S/C11H23O9PS/c1-9(2)19-11(14)17-8-22-21(15,18-5-4-12)20-10(6-13)7-16-3/h9-10,12-13H,4-8H2,1-3H3. The zero-order chi connectivity index (χ0) is 17.0. The van der Waals surface area contributed by atoms with Gasteiger partial charge in [0, 0.05) is 18.5 Å². The highest BCUT2D eigenvalue weighted by Crippen LogP contribution is 2.61. The first kappa shape index (κ1) is 21.6. The molecule has 0 aliphatic rings. The fourth-order valence-corrected chi connectivity index (χ4v) is 3.91. The molecule has 0 heterocycles. The monoisotopic (exact) mass is 362 g/mol. The van der Waals surface area contributed by atoms with Crippen molar-refractivity contribution in [3.63, 3.8) is 0 Å². The summed E-state index contributed by atoms with van der Waals surface area (Å²) in [6, 6.07) is 0. The van der Waals surface area contributed by atoms with E-state index in [1.165, 1.54) is 7.11 Å². The van der Waals surface area contributed by atoms with Crippen LogP contribution in [0.4, 0.5) is 4.79 Å². The molecule has 2 unspecified atom stereocenters. The summed E-state index contributed by atoms with van der Waals surface area (Å²) in [5, 5.41) is 17.9. The van der Waals surface area contributed by atoms with Crippen molar-refractivity contribution in [2.75, 3.05) is 39.5 Å². The molecule has 0 bridgehead atoms. The lowest BCUT2D eigenvalue weighted by molar-refractivity contribution is 0.0314. The van der Waals surface area contributed by atoms with E-state index in [1.54, 1.807) is 13.8 Å². The molecule has 0 aliphatic heterocycles. The van der Waals surface area contributed by atoms with Crippen LogP contribution >= 0.6 is 18.2 Å². The number of methoxy groups -OCH3 is 1. The number of carbonyl (C=O) groups is 1. The first-order chi connectivity index (χ1) is 10.4. The SMILES string of the molecule is COCC(CO)OP(=O)(OCCO)SCOC(=O)OC(C)C. The average molecular weight is 362 g/mol. The highest BCUT2D eigenvalue weighted by atomic mass is 32.7. The average Bonchev–Trinajstić information content (AvgIpc) is 2.44. The number of ether oxygens (including phenoxy) is 3. The highest BCUT2D eigenvalue weighted by molar-refractivity contribution is 8.55. The summed E-state index contributed by atoms with van der Waals surface area (Å²) < 4.78 is 36.8. The summed E-state index contributed by atoms with van der Waals surface area (Å²) in [5.74, 6) is -0.334. The van der Waals surface area contributed by atoms with Crippen LogP contribution in [0.15, 0.2) is 0 Å². The van der Waals surface area contributed by atoms with E-state index in [4.69, 9.17) is 33.5 Å². The molecule has 22 heavy (non-hydrogen) atoms. The van der Waals surface area contributed by atoms with Crippen LogP contribution in [0.25, 0.3) is 0 Å². The fraction of sp³-hybridized carbons (Fsp3) is 0.909. The van der Waals surface area contributed by atoms with Gasteiger partial charge in [0.15, 0.2) is 5.94 Å². The van der Waals surface area contributed by atoms with Gasteiger partial charge >= 0.3 is 13.0 Å². The van der Waals surface area contributed by atoms with Crippen molar-refractivity contribution in [2.45, 2.75) is 26.1 Å². The molecule has 0 aromatic heterocycles. The Labute approximate surface area is 133 Å². The quantitative estimate of drug-likeness (QED) is 0.299. The van der Waals surface area contributed by atoms with Gasteiger partial charge in [-0.1, -0.05) is 0 Å². The summed E-state index contributed by atoms with van der Waals surface area (Å²) in [5.41, 5.74) is 0. The van der Waals surface area contributed by atoms with Crippen molar-refractivity contribution in [3.8, 4) is 0 Å². The Hall–Kier alpha value is -0.350. The second kappa shape index (κ2) is 12.1. The van der Waals surface area contributed by atoms with E-state index in [0.29, 0.717) is 11.4 Å². The first-order valence-corrected chi connectivity index (χ1v) is 9.61. The molecule has 0 aromatic carbocycles. The van der Waals surface area contributed by atoms with E-state index in [9.17, 15) is 9.36 Å². The molecule has 11 heteroatoms. The molecule has 0 aliphatic carbocycles. The van der Waals surface area contributed by atoms with Gasteiger partial charge in [0.1, 0.15) is 6.10 Å². The van der Waals surface area contributed by atoms with E-state index < -0.39 is 25.7 Å². The maximum absolute atomic E-state index is 12.4. The van der Waals surface area contributed by atoms with E-state index >= 15 is 0 Å². The molecule has 0 saturated carbocycles. The lowest BCUT2D eigenvalue weighted by Gasteiger charge is -2.22. The minimum Gasteiger partial charge on any atom is -0.432 e. The van der Waals surface area contributed by atoms with Crippen LogP contribution in [0.1, 0.15) is 13.8 Å². The number of aliphatic hydroxyl groups is 2. The van der Waals surface area contributed by atoms with Crippen LogP contribution in [-0.2, 0) is 27.8 Å². The Morgan fingerprint density at radius 2 is 2.00 bits per heavy atom. The van der Waals surface area contributed by atoms with Gasteiger partial charge in [0.05, 0.1) is 32.5 Å². The molecule has 0 radical (unpaired) electrons. The second-order valence-corrected chi connectivity index (χ2v) is 8.15. The predicted octanol–water partition coefficient (Wildman–Crippen LogP) is 1.38. The van der Waals surface area contributed by atoms with Crippen molar-refractivity contribution in [2.24, 2.45) is 0 Å². The van der Waals surface area contributed by atoms with Gasteiger partial charge in [-0.15, -0.1) is 0 Å².